The Balaban J connectivity index is 1.90. The molecular formula is C17H20FN5O2. The summed E-state index contributed by atoms with van der Waals surface area (Å²) < 4.78 is 18.7. The van der Waals surface area contributed by atoms with Crippen molar-refractivity contribution in [2.45, 2.75) is 37.6 Å². The average Bonchev–Trinajstić information content (AvgIpc) is 2.58. The first-order valence-corrected chi connectivity index (χ1v) is 8.09. The number of nitrogen functional groups attached to an aromatic ring is 1. The van der Waals surface area contributed by atoms with E-state index in [-0.39, 0.29) is 23.5 Å². The van der Waals surface area contributed by atoms with Crippen molar-refractivity contribution in [1.82, 2.24) is 9.97 Å². The first kappa shape index (κ1) is 17.1. The van der Waals surface area contributed by atoms with Gasteiger partial charge < -0.3 is 21.9 Å². The number of halogens is 1. The molecule has 1 aliphatic carbocycles. The summed E-state index contributed by atoms with van der Waals surface area (Å²) in [5.74, 6) is -0.500. The minimum absolute atomic E-state index is 0.208. The van der Waals surface area contributed by atoms with Crippen molar-refractivity contribution in [3.8, 4) is 17.0 Å². The molecular weight excluding hydrogens is 325 g/mol. The average molecular weight is 345 g/mol. The van der Waals surface area contributed by atoms with Crippen LogP contribution in [0.1, 0.15) is 37.3 Å². The summed E-state index contributed by atoms with van der Waals surface area (Å²) in [5, 5.41) is 0. The molecule has 0 bridgehead atoms. The van der Waals surface area contributed by atoms with Crippen LogP contribution in [0, 0.1) is 5.82 Å². The molecule has 1 amide bonds. The van der Waals surface area contributed by atoms with E-state index in [1.807, 2.05) is 0 Å². The van der Waals surface area contributed by atoms with Crippen molar-refractivity contribution in [2.24, 2.45) is 11.5 Å². The third kappa shape index (κ3) is 3.85. The summed E-state index contributed by atoms with van der Waals surface area (Å²) in [4.78, 5) is 19.6. The maximum Gasteiger partial charge on any atom is 0.410 e. The zero-order valence-electron chi connectivity index (χ0n) is 13.6. The molecule has 7 nitrogen and oxygen atoms in total. The predicted molar refractivity (Wildman–Crippen MR) is 91.2 cm³/mol. The summed E-state index contributed by atoms with van der Waals surface area (Å²) >= 11 is 0. The molecule has 25 heavy (non-hydrogen) atoms. The number of amides is 1. The van der Waals surface area contributed by atoms with Crippen molar-refractivity contribution in [3.63, 3.8) is 0 Å². The number of benzene rings is 1. The van der Waals surface area contributed by atoms with E-state index in [1.165, 1.54) is 12.1 Å². The van der Waals surface area contributed by atoms with Crippen LogP contribution in [0.3, 0.4) is 0 Å². The Hall–Kier alpha value is -2.74. The van der Waals surface area contributed by atoms with E-state index in [2.05, 4.69) is 14.7 Å². The predicted octanol–water partition coefficient (Wildman–Crippen LogP) is 2.31. The summed E-state index contributed by atoms with van der Waals surface area (Å²) in [7, 11) is 0. The van der Waals surface area contributed by atoms with Gasteiger partial charge in [-0.1, -0.05) is 0 Å². The van der Waals surface area contributed by atoms with Gasteiger partial charge in [-0.05, 0) is 43.9 Å². The zero-order chi connectivity index (χ0) is 18.0. The second-order valence-electron chi connectivity index (χ2n) is 6.21. The van der Waals surface area contributed by atoms with Crippen LogP contribution in [0.25, 0.3) is 11.3 Å². The van der Waals surface area contributed by atoms with Crippen LogP contribution < -0.4 is 21.9 Å². The lowest BCUT2D eigenvalue weighted by molar-refractivity contribution is 0.208. The highest BCUT2D eigenvalue weighted by Crippen LogP contribution is 2.33. The Labute approximate surface area is 144 Å². The summed E-state index contributed by atoms with van der Waals surface area (Å²) in [6.07, 6.45) is 4.36. The number of carbonyl (C=O) groups excluding carboxylic acids is 1. The zero-order valence-corrected chi connectivity index (χ0v) is 13.6. The third-order valence-corrected chi connectivity index (χ3v) is 4.43. The topological polar surface area (TPSA) is 130 Å². The van der Waals surface area contributed by atoms with Crippen LogP contribution in [-0.2, 0) is 0 Å². The Kier molecular flexibility index (Phi) is 4.80. The highest BCUT2D eigenvalue weighted by atomic mass is 19.1. The second-order valence-corrected chi connectivity index (χ2v) is 6.21. The fraction of sp³-hybridized carbons (Fsp3) is 0.353. The third-order valence-electron chi connectivity index (χ3n) is 4.43. The van der Waals surface area contributed by atoms with Gasteiger partial charge in [-0.25, -0.2) is 19.2 Å². The molecule has 1 aliphatic rings. The monoisotopic (exact) mass is 345 g/mol. The molecule has 8 heteroatoms. The van der Waals surface area contributed by atoms with Crippen LogP contribution >= 0.6 is 0 Å². The first-order valence-electron chi connectivity index (χ1n) is 8.09. The minimum atomic E-state index is -1.08. The molecule has 0 spiro atoms. The molecule has 0 unspecified atom stereocenters. The quantitative estimate of drug-likeness (QED) is 0.782. The second kappa shape index (κ2) is 7.02. The van der Waals surface area contributed by atoms with Crippen LogP contribution in [0.2, 0.25) is 0 Å². The number of hydrogen-bond donors (Lipinski definition) is 3. The van der Waals surface area contributed by atoms with Gasteiger partial charge in [0.25, 0.3) is 0 Å². The highest BCUT2D eigenvalue weighted by molar-refractivity contribution is 5.72. The van der Waals surface area contributed by atoms with E-state index < -0.39 is 11.9 Å². The molecule has 132 valence electrons. The Bertz CT molecular complexity index is 791. The first-order chi connectivity index (χ1) is 11.9. The van der Waals surface area contributed by atoms with Gasteiger partial charge in [0.05, 0.1) is 11.9 Å². The van der Waals surface area contributed by atoms with E-state index in [0.717, 1.165) is 31.4 Å². The molecule has 6 N–H and O–H groups in total. The Morgan fingerprint density at radius 1 is 1.24 bits per heavy atom. The van der Waals surface area contributed by atoms with E-state index in [1.54, 1.807) is 12.3 Å². The number of nitrogens with zero attached hydrogens (tertiary/aromatic N) is 2. The van der Waals surface area contributed by atoms with Crippen molar-refractivity contribution in [1.29, 1.82) is 0 Å². The lowest BCUT2D eigenvalue weighted by Gasteiger charge is -2.25. The van der Waals surface area contributed by atoms with E-state index in [4.69, 9.17) is 17.2 Å². The van der Waals surface area contributed by atoms with Gasteiger partial charge in [-0.15, -0.1) is 0 Å². The van der Waals surface area contributed by atoms with Gasteiger partial charge >= 0.3 is 6.09 Å². The number of primary amides is 1. The van der Waals surface area contributed by atoms with E-state index in [0.29, 0.717) is 11.3 Å². The van der Waals surface area contributed by atoms with Crippen molar-refractivity contribution in [2.75, 3.05) is 5.73 Å². The molecule has 1 saturated carbocycles. The molecule has 0 atom stereocenters. The number of nitrogens with two attached hydrogens (primary N) is 3. The Morgan fingerprint density at radius 3 is 2.60 bits per heavy atom. The maximum absolute atomic E-state index is 14.1. The van der Waals surface area contributed by atoms with Gasteiger partial charge in [0.15, 0.2) is 11.6 Å². The molecule has 1 aromatic heterocycles. The number of anilines is 1. The molecule has 0 saturated heterocycles. The van der Waals surface area contributed by atoms with Crippen LogP contribution in [0.5, 0.6) is 5.75 Å². The van der Waals surface area contributed by atoms with Crippen LogP contribution in [0.15, 0.2) is 24.4 Å². The Morgan fingerprint density at radius 2 is 1.96 bits per heavy atom. The minimum Gasteiger partial charge on any atom is -0.407 e. The lowest BCUT2D eigenvalue weighted by Crippen LogP contribution is -2.26. The van der Waals surface area contributed by atoms with E-state index >= 15 is 0 Å². The molecule has 2 aromatic rings. The lowest BCUT2D eigenvalue weighted by atomic mass is 9.84. The van der Waals surface area contributed by atoms with Crippen molar-refractivity contribution < 1.29 is 13.9 Å². The normalized spacial score (nSPS) is 20.2. The maximum atomic E-state index is 14.1. The van der Waals surface area contributed by atoms with Crippen molar-refractivity contribution in [3.05, 3.63) is 35.9 Å². The van der Waals surface area contributed by atoms with Crippen molar-refractivity contribution >= 4 is 11.9 Å². The van der Waals surface area contributed by atoms with Gasteiger partial charge in [0, 0.05) is 17.5 Å². The largest absolute Gasteiger partial charge is 0.410 e. The molecule has 0 aliphatic heterocycles. The number of rotatable bonds is 3. The number of hydrogen-bond acceptors (Lipinski definition) is 6. The van der Waals surface area contributed by atoms with E-state index in [9.17, 15) is 9.18 Å². The smallest absolute Gasteiger partial charge is 0.407 e. The molecule has 1 fully saturated rings. The summed E-state index contributed by atoms with van der Waals surface area (Å²) in [6.45, 7) is 0. The van der Waals surface area contributed by atoms with Gasteiger partial charge in [0.1, 0.15) is 11.5 Å². The summed E-state index contributed by atoms with van der Waals surface area (Å²) in [6, 6.07) is 4.30. The summed E-state index contributed by atoms with van der Waals surface area (Å²) in [5.41, 5.74) is 18.4. The van der Waals surface area contributed by atoms with Gasteiger partial charge in [0.2, 0.25) is 0 Å². The molecule has 1 heterocycles. The fourth-order valence-electron chi connectivity index (χ4n) is 3.08. The molecule has 0 radical (unpaired) electrons. The standard InChI is InChI=1S/C17H20FN5O2/c18-12-7-10(3-6-14(12)25-17(21)24)15-16(20)22-8-13(23-15)9-1-4-11(19)5-2-9/h3,6-9,11H,1-2,4-5,19H2,(H2,20,22)(H2,21,24). The van der Waals surface area contributed by atoms with Crippen LogP contribution in [-0.4, -0.2) is 22.1 Å². The SMILES string of the molecule is NC(=O)Oc1ccc(-c2nc(C3CCC(N)CC3)cnc2N)cc1F. The highest BCUT2D eigenvalue weighted by Gasteiger charge is 2.22. The number of carbonyl (C=O) groups is 1. The fourth-order valence-corrected chi connectivity index (χ4v) is 3.08. The van der Waals surface area contributed by atoms with Gasteiger partial charge in [-0.3, -0.25) is 0 Å². The molecule has 3 rings (SSSR count). The van der Waals surface area contributed by atoms with Gasteiger partial charge in [-0.2, -0.15) is 0 Å². The number of aromatic nitrogens is 2. The molecule has 1 aromatic carbocycles. The van der Waals surface area contributed by atoms with Crippen LogP contribution in [0.4, 0.5) is 15.0 Å². The number of ether oxygens (including phenoxy) is 1.